The molecule has 1 N–H and O–H groups in total. The van der Waals surface area contributed by atoms with Gasteiger partial charge in [0.25, 0.3) is 0 Å². The molecule has 2 aromatic carbocycles. The van der Waals surface area contributed by atoms with Gasteiger partial charge in [0.1, 0.15) is 6.04 Å². The minimum Gasteiger partial charge on any atom is -0.464 e. The summed E-state index contributed by atoms with van der Waals surface area (Å²) in [6, 6.07) is 18.3. The molecular weight excluding hydrogens is 302 g/mol. The van der Waals surface area contributed by atoms with Crippen molar-refractivity contribution in [3.8, 4) is 0 Å². The maximum absolute atomic E-state index is 12.1. The topological polar surface area (TPSA) is 55.4 Å². The molecule has 124 valence electrons. The summed E-state index contributed by atoms with van der Waals surface area (Å²) in [5.74, 6) is -0.754. The molecule has 0 spiro atoms. The fourth-order valence-electron chi connectivity index (χ4n) is 2.24. The van der Waals surface area contributed by atoms with Crippen LogP contribution in [0.2, 0.25) is 0 Å². The van der Waals surface area contributed by atoms with Crippen LogP contribution in [0, 0.1) is 0 Å². The van der Waals surface area contributed by atoms with Crippen molar-refractivity contribution in [1.29, 1.82) is 0 Å². The van der Waals surface area contributed by atoms with E-state index in [-0.39, 0.29) is 12.5 Å². The van der Waals surface area contributed by atoms with Gasteiger partial charge in [0.05, 0.1) is 6.61 Å². The van der Waals surface area contributed by atoms with Gasteiger partial charge < -0.3 is 10.1 Å². The summed E-state index contributed by atoms with van der Waals surface area (Å²) in [4.78, 5) is 24.2. The highest BCUT2D eigenvalue weighted by Gasteiger charge is 2.21. The average Bonchev–Trinajstić information content (AvgIpc) is 2.61. The lowest BCUT2D eigenvalue weighted by atomic mass is 10.1. The normalized spacial score (nSPS) is 11.9. The molecule has 0 unspecified atom stereocenters. The van der Waals surface area contributed by atoms with Crippen molar-refractivity contribution >= 4 is 18.0 Å². The zero-order valence-electron chi connectivity index (χ0n) is 13.6. The molecule has 24 heavy (non-hydrogen) atoms. The van der Waals surface area contributed by atoms with E-state index in [0.717, 1.165) is 11.1 Å². The van der Waals surface area contributed by atoms with E-state index in [0.29, 0.717) is 6.42 Å². The summed E-state index contributed by atoms with van der Waals surface area (Å²) in [6.45, 7) is 2.02. The van der Waals surface area contributed by atoms with Crippen LogP contribution in [0.1, 0.15) is 18.1 Å². The summed E-state index contributed by atoms with van der Waals surface area (Å²) >= 11 is 0. The number of hydrogen-bond donors (Lipinski definition) is 1. The second-order valence-corrected chi connectivity index (χ2v) is 5.25. The molecule has 1 amide bonds. The van der Waals surface area contributed by atoms with E-state index in [2.05, 4.69) is 5.32 Å². The van der Waals surface area contributed by atoms with Gasteiger partial charge in [0.15, 0.2) is 0 Å². The Kier molecular flexibility index (Phi) is 6.77. The van der Waals surface area contributed by atoms with Crippen LogP contribution in [-0.4, -0.2) is 24.5 Å². The van der Waals surface area contributed by atoms with E-state index in [9.17, 15) is 9.59 Å². The first kappa shape index (κ1) is 17.5. The molecule has 2 aromatic rings. The van der Waals surface area contributed by atoms with Crippen LogP contribution in [0.3, 0.4) is 0 Å². The molecule has 0 fully saturated rings. The first-order valence-electron chi connectivity index (χ1n) is 7.93. The third-order valence-corrected chi connectivity index (χ3v) is 3.40. The number of rotatable bonds is 7. The largest absolute Gasteiger partial charge is 0.464 e. The SMILES string of the molecule is CCOC(=O)[C@H](Cc1ccccc1)NC(=O)/C=C/c1ccccc1. The molecule has 4 nitrogen and oxygen atoms in total. The van der Waals surface area contributed by atoms with Crippen LogP contribution >= 0.6 is 0 Å². The zero-order chi connectivity index (χ0) is 17.2. The maximum Gasteiger partial charge on any atom is 0.328 e. The van der Waals surface area contributed by atoms with Crippen molar-refractivity contribution in [3.05, 3.63) is 77.9 Å². The van der Waals surface area contributed by atoms with Crippen LogP contribution in [-0.2, 0) is 20.7 Å². The second-order valence-electron chi connectivity index (χ2n) is 5.25. The van der Waals surface area contributed by atoms with Gasteiger partial charge in [-0.2, -0.15) is 0 Å². The number of esters is 1. The van der Waals surface area contributed by atoms with Crippen molar-refractivity contribution in [3.63, 3.8) is 0 Å². The third-order valence-electron chi connectivity index (χ3n) is 3.40. The number of benzene rings is 2. The van der Waals surface area contributed by atoms with Gasteiger partial charge in [-0.05, 0) is 24.1 Å². The molecule has 0 aliphatic rings. The second kappa shape index (κ2) is 9.30. The Bertz CT molecular complexity index is 681. The summed E-state index contributed by atoms with van der Waals surface area (Å²) in [7, 11) is 0. The number of ether oxygens (including phenoxy) is 1. The monoisotopic (exact) mass is 323 g/mol. The summed E-state index contributed by atoms with van der Waals surface area (Å²) in [6.07, 6.45) is 3.53. The highest BCUT2D eigenvalue weighted by atomic mass is 16.5. The van der Waals surface area contributed by atoms with E-state index in [4.69, 9.17) is 4.74 Å². The minimum absolute atomic E-state index is 0.278. The van der Waals surface area contributed by atoms with Crippen LogP contribution in [0.4, 0.5) is 0 Å². The first-order chi connectivity index (χ1) is 11.7. The lowest BCUT2D eigenvalue weighted by molar-refractivity contribution is -0.146. The van der Waals surface area contributed by atoms with E-state index in [1.165, 1.54) is 6.08 Å². The smallest absolute Gasteiger partial charge is 0.328 e. The molecule has 0 aliphatic heterocycles. The molecule has 0 aliphatic carbocycles. The minimum atomic E-state index is -0.708. The van der Waals surface area contributed by atoms with Crippen molar-refractivity contribution in [1.82, 2.24) is 5.32 Å². The highest BCUT2D eigenvalue weighted by Crippen LogP contribution is 2.06. The molecule has 0 heterocycles. The van der Waals surface area contributed by atoms with Crippen molar-refractivity contribution in [2.24, 2.45) is 0 Å². The van der Waals surface area contributed by atoms with E-state index >= 15 is 0 Å². The van der Waals surface area contributed by atoms with Gasteiger partial charge in [-0.1, -0.05) is 60.7 Å². The number of amides is 1. The van der Waals surface area contributed by atoms with E-state index in [1.807, 2.05) is 60.7 Å². The first-order valence-corrected chi connectivity index (χ1v) is 7.93. The Morgan fingerprint density at radius 3 is 2.29 bits per heavy atom. The molecule has 0 radical (unpaired) electrons. The van der Waals surface area contributed by atoms with Gasteiger partial charge in [-0.25, -0.2) is 4.79 Å². The number of hydrogen-bond acceptors (Lipinski definition) is 3. The van der Waals surface area contributed by atoms with Crippen LogP contribution in [0.5, 0.6) is 0 Å². The standard InChI is InChI=1S/C20H21NO3/c1-2-24-20(23)18(15-17-11-7-4-8-12-17)21-19(22)14-13-16-9-5-3-6-10-16/h3-14,18H,2,15H2,1H3,(H,21,22)/b14-13+/t18-/m0/s1. The molecule has 0 saturated carbocycles. The Morgan fingerprint density at radius 1 is 1.04 bits per heavy atom. The highest BCUT2D eigenvalue weighted by molar-refractivity contribution is 5.94. The molecule has 0 bridgehead atoms. The van der Waals surface area contributed by atoms with Crippen molar-refractivity contribution in [2.45, 2.75) is 19.4 Å². The fourth-order valence-corrected chi connectivity index (χ4v) is 2.24. The lowest BCUT2D eigenvalue weighted by Gasteiger charge is -2.16. The average molecular weight is 323 g/mol. The molecule has 2 rings (SSSR count). The Balaban J connectivity index is 2.02. The van der Waals surface area contributed by atoms with Gasteiger partial charge in [0, 0.05) is 12.5 Å². The molecule has 0 aromatic heterocycles. The van der Waals surface area contributed by atoms with E-state index < -0.39 is 12.0 Å². The fraction of sp³-hybridized carbons (Fsp3) is 0.200. The summed E-state index contributed by atoms with van der Waals surface area (Å²) in [5.41, 5.74) is 1.88. The maximum atomic E-state index is 12.1. The van der Waals surface area contributed by atoms with Crippen LogP contribution < -0.4 is 5.32 Å². The Hall–Kier alpha value is -2.88. The van der Waals surface area contributed by atoms with Gasteiger partial charge in [-0.15, -0.1) is 0 Å². The number of nitrogens with one attached hydrogen (secondary N) is 1. The zero-order valence-corrected chi connectivity index (χ0v) is 13.6. The summed E-state index contributed by atoms with van der Waals surface area (Å²) in [5, 5.41) is 2.72. The summed E-state index contributed by atoms with van der Waals surface area (Å²) < 4.78 is 5.06. The molecular formula is C20H21NO3. The van der Waals surface area contributed by atoms with Gasteiger partial charge in [0.2, 0.25) is 5.91 Å². The molecule has 4 heteroatoms. The van der Waals surface area contributed by atoms with Gasteiger partial charge in [-0.3, -0.25) is 4.79 Å². The molecule has 0 saturated heterocycles. The predicted octanol–water partition coefficient (Wildman–Crippen LogP) is 2.99. The predicted molar refractivity (Wildman–Crippen MR) is 94.2 cm³/mol. The van der Waals surface area contributed by atoms with Gasteiger partial charge >= 0.3 is 5.97 Å². The third kappa shape index (κ3) is 5.72. The van der Waals surface area contributed by atoms with Crippen LogP contribution in [0.25, 0.3) is 6.08 Å². The number of carbonyl (C=O) groups is 2. The van der Waals surface area contributed by atoms with Crippen molar-refractivity contribution in [2.75, 3.05) is 6.61 Å². The Labute approximate surface area is 142 Å². The lowest BCUT2D eigenvalue weighted by Crippen LogP contribution is -2.42. The quantitative estimate of drug-likeness (QED) is 0.629. The Morgan fingerprint density at radius 2 is 1.67 bits per heavy atom. The van der Waals surface area contributed by atoms with E-state index in [1.54, 1.807) is 13.0 Å². The molecule has 1 atom stereocenters. The number of carbonyl (C=O) groups excluding carboxylic acids is 2. The van der Waals surface area contributed by atoms with Crippen LogP contribution in [0.15, 0.2) is 66.7 Å². The van der Waals surface area contributed by atoms with Crippen molar-refractivity contribution < 1.29 is 14.3 Å².